The van der Waals surface area contributed by atoms with Crippen molar-refractivity contribution in [3.63, 3.8) is 0 Å². The number of rotatable bonds is 2. The Balaban J connectivity index is 1.72. The number of fused-ring (bicyclic) bond motifs is 1. The molecule has 7 heteroatoms. The lowest BCUT2D eigenvalue weighted by atomic mass is 9.91. The molecule has 122 valence electrons. The van der Waals surface area contributed by atoms with E-state index in [4.69, 9.17) is 4.52 Å². The molecule has 0 radical (unpaired) electrons. The molecule has 24 heavy (non-hydrogen) atoms. The van der Waals surface area contributed by atoms with Crippen molar-refractivity contribution in [3.8, 4) is 11.4 Å². The molecule has 0 spiro atoms. The van der Waals surface area contributed by atoms with Crippen molar-refractivity contribution in [3.05, 3.63) is 70.9 Å². The first-order chi connectivity index (χ1) is 11.6. The first kappa shape index (κ1) is 14.9. The number of nitrogens with zero attached hydrogens (tertiary/aromatic N) is 2. The van der Waals surface area contributed by atoms with Gasteiger partial charge in [-0.1, -0.05) is 29.4 Å². The molecule has 1 atom stereocenters. The molecule has 0 bridgehead atoms. The number of aromatic nitrogens is 2. The largest absolute Gasteiger partial charge is 0.338 e. The highest BCUT2D eigenvalue weighted by molar-refractivity contribution is 5.54. The third-order valence-electron chi connectivity index (χ3n) is 4.08. The van der Waals surface area contributed by atoms with E-state index in [1.165, 1.54) is 0 Å². The minimum Gasteiger partial charge on any atom is -0.338 e. The molecule has 2 aromatic carbocycles. The van der Waals surface area contributed by atoms with Crippen molar-refractivity contribution in [2.75, 3.05) is 6.54 Å². The summed E-state index contributed by atoms with van der Waals surface area (Å²) in [6.45, 7) is 1.37. The van der Waals surface area contributed by atoms with Crippen LogP contribution in [0.1, 0.15) is 22.9 Å². The highest BCUT2D eigenvalue weighted by atomic mass is 19.2. The summed E-state index contributed by atoms with van der Waals surface area (Å²) in [5.74, 6) is -3.89. The fourth-order valence-electron chi connectivity index (χ4n) is 2.90. The Labute approximate surface area is 135 Å². The maximum Gasteiger partial charge on any atom is 0.235 e. The number of hydrogen-bond donors (Lipinski definition) is 1. The minimum atomic E-state index is -1.52. The summed E-state index contributed by atoms with van der Waals surface area (Å²) in [7, 11) is 0. The molecule has 0 aliphatic carbocycles. The van der Waals surface area contributed by atoms with Crippen LogP contribution in [0.25, 0.3) is 11.4 Å². The molecule has 1 aliphatic heterocycles. The zero-order valence-corrected chi connectivity index (χ0v) is 12.4. The molecular formula is C17H12F3N3O. The highest BCUT2D eigenvalue weighted by Crippen LogP contribution is 2.30. The van der Waals surface area contributed by atoms with E-state index in [1.807, 2.05) is 24.3 Å². The summed E-state index contributed by atoms with van der Waals surface area (Å²) in [6.07, 6.45) is 0. The molecule has 0 saturated heterocycles. The van der Waals surface area contributed by atoms with Gasteiger partial charge in [0.25, 0.3) is 0 Å². The van der Waals surface area contributed by atoms with Crippen molar-refractivity contribution >= 4 is 0 Å². The zero-order valence-electron chi connectivity index (χ0n) is 12.4. The normalized spacial score (nSPS) is 16.9. The minimum absolute atomic E-state index is 0.0193. The summed E-state index contributed by atoms with van der Waals surface area (Å²) in [6, 6.07) is 9.57. The Kier molecular flexibility index (Phi) is 3.57. The summed E-state index contributed by atoms with van der Waals surface area (Å²) in [4.78, 5) is 4.24. The average Bonchev–Trinajstić information content (AvgIpc) is 3.08. The van der Waals surface area contributed by atoms with Gasteiger partial charge in [0.1, 0.15) is 0 Å². The highest BCUT2D eigenvalue weighted by Gasteiger charge is 2.26. The second-order valence-electron chi connectivity index (χ2n) is 5.59. The lowest BCUT2D eigenvalue weighted by molar-refractivity contribution is 0.356. The van der Waals surface area contributed by atoms with Crippen molar-refractivity contribution in [2.24, 2.45) is 0 Å². The smallest absolute Gasteiger partial charge is 0.235 e. The molecule has 4 nitrogen and oxygen atoms in total. The molecular weight excluding hydrogens is 319 g/mol. The summed E-state index contributed by atoms with van der Waals surface area (Å²) in [5, 5.41) is 7.04. The van der Waals surface area contributed by atoms with Crippen molar-refractivity contribution < 1.29 is 17.7 Å². The van der Waals surface area contributed by atoms with E-state index in [9.17, 15) is 13.2 Å². The van der Waals surface area contributed by atoms with Crippen LogP contribution < -0.4 is 5.32 Å². The Morgan fingerprint density at radius 2 is 1.83 bits per heavy atom. The molecule has 1 aliphatic rings. The first-order valence-corrected chi connectivity index (χ1v) is 7.40. The molecule has 4 rings (SSSR count). The van der Waals surface area contributed by atoms with Crippen LogP contribution in [0.15, 0.2) is 40.9 Å². The molecule has 0 fully saturated rings. The van der Waals surface area contributed by atoms with Crippen LogP contribution >= 0.6 is 0 Å². The van der Waals surface area contributed by atoms with Gasteiger partial charge in [0.2, 0.25) is 11.7 Å². The maximum absolute atomic E-state index is 13.4. The maximum atomic E-state index is 13.4. The van der Waals surface area contributed by atoms with Crippen LogP contribution in [-0.4, -0.2) is 16.7 Å². The van der Waals surface area contributed by atoms with Gasteiger partial charge in [0.05, 0.1) is 5.92 Å². The van der Waals surface area contributed by atoms with Gasteiger partial charge in [0, 0.05) is 18.7 Å². The van der Waals surface area contributed by atoms with Crippen LogP contribution in [0.5, 0.6) is 0 Å². The molecule has 1 aromatic heterocycles. The first-order valence-electron chi connectivity index (χ1n) is 7.40. The van der Waals surface area contributed by atoms with E-state index >= 15 is 0 Å². The van der Waals surface area contributed by atoms with Crippen LogP contribution in [0, 0.1) is 17.5 Å². The van der Waals surface area contributed by atoms with Gasteiger partial charge in [-0.05, 0) is 23.3 Å². The number of benzene rings is 2. The van der Waals surface area contributed by atoms with Crippen LogP contribution in [-0.2, 0) is 6.54 Å². The third kappa shape index (κ3) is 2.46. The Bertz CT molecular complexity index is 887. The molecule has 0 amide bonds. The third-order valence-corrected chi connectivity index (χ3v) is 4.08. The SMILES string of the molecule is Fc1cc(-c2noc(C3CNCc4ccccc43)n2)cc(F)c1F. The van der Waals surface area contributed by atoms with Crippen LogP contribution in [0.2, 0.25) is 0 Å². The quantitative estimate of drug-likeness (QED) is 0.732. The van der Waals surface area contributed by atoms with E-state index in [-0.39, 0.29) is 17.3 Å². The second-order valence-corrected chi connectivity index (χ2v) is 5.59. The predicted octanol–water partition coefficient (Wildman–Crippen LogP) is 3.39. The monoisotopic (exact) mass is 331 g/mol. The van der Waals surface area contributed by atoms with Crippen molar-refractivity contribution in [2.45, 2.75) is 12.5 Å². The van der Waals surface area contributed by atoms with E-state index in [2.05, 4.69) is 15.5 Å². The number of halogens is 3. The summed E-state index contributed by atoms with van der Waals surface area (Å²) >= 11 is 0. The van der Waals surface area contributed by atoms with Gasteiger partial charge in [-0.25, -0.2) is 13.2 Å². The zero-order chi connectivity index (χ0) is 16.7. The Morgan fingerprint density at radius 1 is 1.08 bits per heavy atom. The van der Waals surface area contributed by atoms with E-state index in [0.29, 0.717) is 12.4 Å². The second kappa shape index (κ2) is 5.76. The number of hydrogen-bond acceptors (Lipinski definition) is 4. The van der Waals surface area contributed by atoms with Gasteiger partial charge in [-0.15, -0.1) is 0 Å². The van der Waals surface area contributed by atoms with Crippen LogP contribution in [0.3, 0.4) is 0 Å². The molecule has 0 saturated carbocycles. The Hall–Kier alpha value is -2.67. The fraction of sp³-hybridized carbons (Fsp3) is 0.176. The summed E-state index contributed by atoms with van der Waals surface area (Å²) < 4.78 is 45.1. The van der Waals surface area contributed by atoms with Gasteiger partial charge in [0.15, 0.2) is 17.5 Å². The standard InChI is InChI=1S/C17H12F3N3O/c18-13-5-10(6-14(19)15(13)20)16-22-17(24-23-16)12-8-21-7-9-3-1-2-4-11(9)12/h1-6,12,21H,7-8H2. The molecule has 3 aromatic rings. The van der Waals surface area contributed by atoms with Crippen LogP contribution in [0.4, 0.5) is 13.2 Å². The Morgan fingerprint density at radius 3 is 2.62 bits per heavy atom. The van der Waals surface area contributed by atoms with Crippen molar-refractivity contribution in [1.29, 1.82) is 0 Å². The lowest BCUT2D eigenvalue weighted by Gasteiger charge is -2.23. The number of nitrogens with one attached hydrogen (secondary N) is 1. The lowest BCUT2D eigenvalue weighted by Crippen LogP contribution is -2.28. The molecule has 1 unspecified atom stereocenters. The van der Waals surface area contributed by atoms with Gasteiger partial charge in [-0.3, -0.25) is 0 Å². The van der Waals surface area contributed by atoms with E-state index < -0.39 is 17.5 Å². The van der Waals surface area contributed by atoms with Crippen molar-refractivity contribution in [1.82, 2.24) is 15.5 Å². The average molecular weight is 331 g/mol. The summed E-state index contributed by atoms with van der Waals surface area (Å²) in [5.41, 5.74) is 2.23. The van der Waals surface area contributed by atoms with Gasteiger partial charge >= 0.3 is 0 Å². The van der Waals surface area contributed by atoms with E-state index in [0.717, 1.165) is 29.8 Å². The van der Waals surface area contributed by atoms with Gasteiger partial charge < -0.3 is 9.84 Å². The topological polar surface area (TPSA) is 51.0 Å². The van der Waals surface area contributed by atoms with E-state index in [1.54, 1.807) is 0 Å². The van der Waals surface area contributed by atoms with Gasteiger partial charge in [-0.2, -0.15) is 4.98 Å². The molecule has 2 heterocycles. The predicted molar refractivity (Wildman–Crippen MR) is 79.6 cm³/mol. The fourth-order valence-corrected chi connectivity index (χ4v) is 2.90. The molecule has 1 N–H and O–H groups in total.